The molecular weight excluding hydrogens is 315 g/mol. The van der Waals surface area contributed by atoms with Crippen LogP contribution in [0.2, 0.25) is 0 Å². The fourth-order valence-corrected chi connectivity index (χ4v) is 0. The van der Waals surface area contributed by atoms with Gasteiger partial charge >= 0.3 is 32.7 Å². The summed E-state index contributed by atoms with van der Waals surface area (Å²) in [4.78, 5) is 24.8. The van der Waals surface area contributed by atoms with Crippen LogP contribution >= 0.6 is 0 Å². The predicted molar refractivity (Wildman–Crippen MR) is 43.8 cm³/mol. The molecule has 16 heavy (non-hydrogen) atoms. The van der Waals surface area contributed by atoms with Crippen molar-refractivity contribution in [1.29, 1.82) is 0 Å². The van der Waals surface area contributed by atoms with Crippen molar-refractivity contribution in [3.63, 3.8) is 0 Å². The van der Waals surface area contributed by atoms with Crippen LogP contribution in [0.3, 0.4) is 0 Å². The molecule has 0 bridgehead atoms. The van der Waals surface area contributed by atoms with Crippen molar-refractivity contribution in [2.75, 3.05) is 6.61 Å². The first-order valence-electron chi connectivity index (χ1n) is 2.67. The Morgan fingerprint density at radius 2 is 0.812 bits per heavy atom. The Morgan fingerprint density at radius 3 is 0.812 bits per heavy atom. The topological polar surface area (TPSA) is 219 Å². The van der Waals surface area contributed by atoms with Gasteiger partial charge in [-0.3, -0.25) is 0 Å². The molecule has 0 aromatic heterocycles. The third-order valence-corrected chi connectivity index (χ3v) is 0. The zero-order valence-corrected chi connectivity index (χ0v) is 10.6. The predicted octanol–water partition coefficient (Wildman–Crippen LogP) is -0.721. The largest absolute Gasteiger partial charge is 3.00 e. The van der Waals surface area contributed by atoms with Crippen LogP contribution < -0.4 is 0 Å². The minimum Gasteiger partial charge on any atom is -0.397 e. The number of aliphatic hydroxyl groups is 1. The van der Waals surface area contributed by atoms with E-state index in [1.807, 2.05) is 0 Å². The second-order valence-electron chi connectivity index (χ2n) is 0.987. The molecule has 0 aliphatic heterocycles. The Labute approximate surface area is 113 Å². The van der Waals surface area contributed by atoms with E-state index in [0.29, 0.717) is 0 Å². The van der Waals surface area contributed by atoms with Gasteiger partial charge in [0, 0.05) is 6.61 Å². The smallest absolute Gasteiger partial charge is 0.397 e. The van der Waals surface area contributed by atoms with Crippen LogP contribution in [-0.2, 0) is 32.7 Å². The monoisotopic (exact) mass is 321 g/mol. The van der Waals surface area contributed by atoms with Crippen LogP contribution in [0.15, 0.2) is 0 Å². The van der Waals surface area contributed by atoms with E-state index in [9.17, 15) is 0 Å². The van der Waals surface area contributed by atoms with Crippen molar-refractivity contribution in [2.24, 2.45) is 0 Å². The number of hydrogen-bond acceptors (Lipinski definition) is 10. The van der Waals surface area contributed by atoms with Gasteiger partial charge in [-0.05, 0) is 6.92 Å². The Bertz CT molecular complexity index is 133. The molecule has 13 nitrogen and oxygen atoms in total. The van der Waals surface area contributed by atoms with Gasteiger partial charge in [-0.2, -0.15) is 0 Å². The standard InChI is InChI=1S/C2H6O.3NO3.Y/c1-2-3;3*2-1(3)4;/h3H,2H2,1H3;;;;/q;3*-1;+3. The van der Waals surface area contributed by atoms with E-state index in [4.69, 9.17) is 51.1 Å². The molecule has 0 atom stereocenters. The molecule has 14 heteroatoms. The molecule has 0 spiro atoms. The third kappa shape index (κ3) is 965. The van der Waals surface area contributed by atoms with Gasteiger partial charge < -0.3 is 51.1 Å². The van der Waals surface area contributed by atoms with Crippen molar-refractivity contribution < 1.29 is 53.1 Å². The zero-order chi connectivity index (χ0) is 13.4. The molecule has 0 rings (SSSR count). The molecule has 1 N–H and O–H groups in total. The van der Waals surface area contributed by atoms with Gasteiger partial charge in [0.15, 0.2) is 0 Å². The van der Waals surface area contributed by atoms with E-state index in [-0.39, 0.29) is 39.3 Å². The average molecular weight is 321 g/mol. The van der Waals surface area contributed by atoms with Gasteiger partial charge in [0.05, 0.1) is 15.3 Å². The summed E-state index contributed by atoms with van der Waals surface area (Å²) in [6, 6.07) is 0. The molecule has 0 radical (unpaired) electrons. The maximum absolute atomic E-state index is 8.25. The van der Waals surface area contributed by atoms with Gasteiger partial charge in [-0.25, -0.2) is 0 Å². The zero-order valence-electron chi connectivity index (χ0n) is 7.75. The van der Waals surface area contributed by atoms with E-state index in [2.05, 4.69) is 0 Å². The van der Waals surface area contributed by atoms with Crippen molar-refractivity contribution >= 4 is 0 Å². The van der Waals surface area contributed by atoms with Crippen molar-refractivity contribution in [3.8, 4) is 0 Å². The second kappa shape index (κ2) is 29.2. The summed E-state index contributed by atoms with van der Waals surface area (Å²) in [5.74, 6) is 0. The summed E-state index contributed by atoms with van der Waals surface area (Å²) >= 11 is 0. The SMILES string of the molecule is CCO.O=[N+]([O-])[O-].O=[N+]([O-])[O-].O=[N+]([O-])[O-].[Y+3]. The van der Waals surface area contributed by atoms with Gasteiger partial charge in [0.1, 0.15) is 0 Å². The van der Waals surface area contributed by atoms with Gasteiger partial charge in [-0.1, -0.05) is 0 Å². The minimum absolute atomic E-state index is 0. The first-order valence-corrected chi connectivity index (χ1v) is 2.67. The Kier molecular flexibility index (Phi) is 53.5. The van der Waals surface area contributed by atoms with Crippen molar-refractivity contribution in [2.45, 2.75) is 6.92 Å². The molecule has 0 saturated heterocycles. The van der Waals surface area contributed by atoms with Crippen molar-refractivity contribution in [1.82, 2.24) is 0 Å². The van der Waals surface area contributed by atoms with Crippen LogP contribution in [0, 0.1) is 46.0 Å². The Hall–Kier alpha value is -1.34. The third-order valence-electron chi connectivity index (χ3n) is 0. The van der Waals surface area contributed by atoms with Gasteiger partial charge in [0.2, 0.25) is 0 Å². The van der Waals surface area contributed by atoms with E-state index in [1.54, 1.807) is 6.92 Å². The summed E-state index contributed by atoms with van der Waals surface area (Å²) in [6.07, 6.45) is 0. The molecule has 0 aromatic carbocycles. The molecule has 0 heterocycles. The van der Waals surface area contributed by atoms with Crippen LogP contribution in [0.4, 0.5) is 0 Å². The van der Waals surface area contributed by atoms with Crippen molar-refractivity contribution in [3.05, 3.63) is 46.0 Å². The molecule has 0 aliphatic carbocycles. The number of nitrogens with zero attached hydrogens (tertiary/aromatic N) is 3. The Balaban J connectivity index is -0.0000000331. The summed E-state index contributed by atoms with van der Waals surface area (Å²) in [6.45, 7) is 1.93. The summed E-state index contributed by atoms with van der Waals surface area (Å²) in [5, 5.41) is 51.8. The first kappa shape index (κ1) is 29.3. The summed E-state index contributed by atoms with van der Waals surface area (Å²) < 4.78 is 0. The van der Waals surface area contributed by atoms with E-state index in [0.717, 1.165) is 0 Å². The molecule has 0 amide bonds. The van der Waals surface area contributed by atoms with Gasteiger partial charge in [-0.15, -0.1) is 0 Å². The van der Waals surface area contributed by atoms with Crippen LogP contribution in [0.5, 0.6) is 0 Å². The first-order chi connectivity index (χ1) is 6.61. The fourth-order valence-electron chi connectivity index (χ4n) is 0. The normalized spacial score (nSPS) is 5.62. The fraction of sp³-hybridized carbons (Fsp3) is 1.00. The molecule has 0 aliphatic rings. The summed E-state index contributed by atoms with van der Waals surface area (Å²) in [7, 11) is 0. The Morgan fingerprint density at radius 1 is 0.812 bits per heavy atom. The number of rotatable bonds is 0. The average Bonchev–Trinajstić information content (AvgIpc) is 1.81. The molecule has 92 valence electrons. The molecule has 0 unspecified atom stereocenters. The minimum atomic E-state index is -1.75. The van der Waals surface area contributed by atoms with E-state index < -0.39 is 15.3 Å². The van der Waals surface area contributed by atoms with E-state index >= 15 is 0 Å². The van der Waals surface area contributed by atoms with Gasteiger partial charge in [0.25, 0.3) is 0 Å². The van der Waals surface area contributed by atoms with Crippen LogP contribution in [-0.4, -0.2) is 27.0 Å². The maximum atomic E-state index is 8.25. The molecular formula is C2H6N3O10Y. The maximum Gasteiger partial charge on any atom is 3.00 e. The number of hydrogen-bond donors (Lipinski definition) is 1. The van der Waals surface area contributed by atoms with Crippen LogP contribution in [0.1, 0.15) is 6.92 Å². The second-order valence-corrected chi connectivity index (χ2v) is 0.987. The quantitative estimate of drug-likeness (QED) is 0.435. The van der Waals surface area contributed by atoms with E-state index in [1.165, 1.54) is 0 Å². The molecule has 0 aromatic rings. The summed E-state index contributed by atoms with van der Waals surface area (Å²) in [5.41, 5.74) is 0. The molecule has 0 fully saturated rings. The van der Waals surface area contributed by atoms with Crippen LogP contribution in [0.25, 0.3) is 0 Å². The molecule has 0 saturated carbocycles. The number of aliphatic hydroxyl groups excluding tert-OH is 1.